The quantitative estimate of drug-likeness (QED) is 0.801. The molecule has 0 amide bonds. The van der Waals surface area contributed by atoms with E-state index in [2.05, 4.69) is 49.2 Å². The summed E-state index contributed by atoms with van der Waals surface area (Å²) in [7, 11) is 2.24. The molecule has 2 heteroatoms. The van der Waals surface area contributed by atoms with Crippen LogP contribution in [-0.4, -0.2) is 30.6 Å². The standard InChI is InChI=1S/C16H26N2/c1-13(8-9-14-6-4-3-5-7-14)18(2)16(12-17)15-10-11-15/h3-7,13,15-16H,8-12,17H2,1-2H3. The fourth-order valence-electron chi connectivity index (χ4n) is 2.72. The zero-order chi connectivity index (χ0) is 13.0. The first-order valence-corrected chi connectivity index (χ1v) is 7.18. The van der Waals surface area contributed by atoms with Gasteiger partial charge in [-0.1, -0.05) is 30.3 Å². The Kier molecular flexibility index (Phi) is 4.79. The summed E-state index contributed by atoms with van der Waals surface area (Å²) in [4.78, 5) is 2.50. The van der Waals surface area contributed by atoms with Gasteiger partial charge in [0.15, 0.2) is 0 Å². The molecule has 0 aromatic heterocycles. The largest absolute Gasteiger partial charge is 0.329 e. The van der Waals surface area contributed by atoms with Gasteiger partial charge in [-0.3, -0.25) is 4.90 Å². The van der Waals surface area contributed by atoms with E-state index in [1.807, 2.05) is 0 Å². The Hall–Kier alpha value is -0.860. The molecule has 0 bridgehead atoms. The Morgan fingerprint density at radius 3 is 2.50 bits per heavy atom. The molecule has 0 heterocycles. The molecule has 18 heavy (non-hydrogen) atoms. The van der Waals surface area contributed by atoms with Crippen LogP contribution in [0.15, 0.2) is 30.3 Å². The molecule has 1 aliphatic rings. The summed E-state index contributed by atoms with van der Waals surface area (Å²) >= 11 is 0. The molecule has 2 unspecified atom stereocenters. The number of nitrogens with zero attached hydrogens (tertiary/aromatic N) is 1. The predicted octanol–water partition coefficient (Wildman–Crippen LogP) is 2.68. The summed E-state index contributed by atoms with van der Waals surface area (Å²) < 4.78 is 0. The summed E-state index contributed by atoms with van der Waals surface area (Å²) in [5.41, 5.74) is 7.36. The van der Waals surface area contributed by atoms with Gasteiger partial charge >= 0.3 is 0 Å². The Balaban J connectivity index is 1.81. The van der Waals surface area contributed by atoms with E-state index in [-0.39, 0.29) is 0 Å². The number of rotatable bonds is 7. The number of aryl methyl sites for hydroxylation is 1. The van der Waals surface area contributed by atoms with Crippen LogP contribution in [0.3, 0.4) is 0 Å². The number of benzene rings is 1. The average molecular weight is 246 g/mol. The maximum Gasteiger partial charge on any atom is 0.0246 e. The third-order valence-corrected chi connectivity index (χ3v) is 4.32. The smallest absolute Gasteiger partial charge is 0.0246 e. The van der Waals surface area contributed by atoms with Crippen molar-refractivity contribution in [3.63, 3.8) is 0 Å². The van der Waals surface area contributed by atoms with Crippen LogP contribution in [-0.2, 0) is 6.42 Å². The van der Waals surface area contributed by atoms with Crippen LogP contribution < -0.4 is 5.73 Å². The normalized spacial score (nSPS) is 18.9. The van der Waals surface area contributed by atoms with Gasteiger partial charge in [-0.15, -0.1) is 0 Å². The third kappa shape index (κ3) is 3.56. The first-order chi connectivity index (χ1) is 8.72. The lowest BCUT2D eigenvalue weighted by Crippen LogP contribution is -2.44. The van der Waals surface area contributed by atoms with Crippen LogP contribution in [0.25, 0.3) is 0 Å². The number of nitrogens with two attached hydrogens (primary N) is 1. The minimum absolute atomic E-state index is 0.593. The van der Waals surface area contributed by atoms with Crippen LogP contribution >= 0.6 is 0 Å². The van der Waals surface area contributed by atoms with E-state index < -0.39 is 0 Å². The van der Waals surface area contributed by atoms with Gasteiger partial charge in [0.2, 0.25) is 0 Å². The SMILES string of the molecule is CC(CCc1ccccc1)N(C)C(CN)C1CC1. The summed E-state index contributed by atoms with van der Waals surface area (Å²) in [5.74, 6) is 0.860. The molecule has 1 aliphatic carbocycles. The summed E-state index contributed by atoms with van der Waals surface area (Å²) in [6.07, 6.45) is 5.12. The second-order valence-electron chi connectivity index (χ2n) is 5.68. The second kappa shape index (κ2) is 6.35. The molecular formula is C16H26N2. The van der Waals surface area contributed by atoms with Crippen LogP contribution in [0.4, 0.5) is 0 Å². The fraction of sp³-hybridized carbons (Fsp3) is 0.625. The van der Waals surface area contributed by atoms with Crippen LogP contribution in [0, 0.1) is 5.92 Å². The van der Waals surface area contributed by atoms with Crippen molar-refractivity contribution < 1.29 is 0 Å². The summed E-state index contributed by atoms with van der Waals surface area (Å²) in [6.45, 7) is 3.13. The van der Waals surface area contributed by atoms with Gasteiger partial charge in [0, 0.05) is 18.6 Å². The maximum atomic E-state index is 5.92. The molecular weight excluding hydrogens is 220 g/mol. The van der Waals surface area contributed by atoms with Crippen LogP contribution in [0.1, 0.15) is 31.7 Å². The monoisotopic (exact) mass is 246 g/mol. The lowest BCUT2D eigenvalue weighted by Gasteiger charge is -2.32. The highest BCUT2D eigenvalue weighted by Gasteiger charge is 2.34. The van der Waals surface area contributed by atoms with Gasteiger partial charge in [-0.25, -0.2) is 0 Å². The number of likely N-dealkylation sites (N-methyl/N-ethyl adjacent to an activating group) is 1. The minimum Gasteiger partial charge on any atom is -0.329 e. The van der Waals surface area contributed by atoms with E-state index in [4.69, 9.17) is 5.73 Å². The number of hydrogen-bond acceptors (Lipinski definition) is 2. The Morgan fingerprint density at radius 2 is 1.94 bits per heavy atom. The zero-order valence-electron chi connectivity index (χ0n) is 11.7. The average Bonchev–Trinajstić information content (AvgIpc) is 3.22. The van der Waals surface area contributed by atoms with Gasteiger partial charge in [-0.2, -0.15) is 0 Å². The van der Waals surface area contributed by atoms with Crippen molar-refractivity contribution in [1.82, 2.24) is 4.90 Å². The van der Waals surface area contributed by atoms with E-state index in [9.17, 15) is 0 Å². The van der Waals surface area contributed by atoms with Gasteiger partial charge in [-0.05, 0) is 51.1 Å². The first kappa shape index (κ1) is 13.6. The molecule has 1 fully saturated rings. The molecule has 0 aliphatic heterocycles. The Labute approximate surface area is 111 Å². The fourth-order valence-corrected chi connectivity index (χ4v) is 2.72. The second-order valence-corrected chi connectivity index (χ2v) is 5.68. The van der Waals surface area contributed by atoms with Gasteiger partial charge in [0.1, 0.15) is 0 Å². The molecule has 1 aromatic rings. The predicted molar refractivity (Wildman–Crippen MR) is 77.6 cm³/mol. The van der Waals surface area contributed by atoms with Crippen LogP contribution in [0.2, 0.25) is 0 Å². The lowest BCUT2D eigenvalue weighted by atomic mass is 10.0. The first-order valence-electron chi connectivity index (χ1n) is 7.18. The van der Waals surface area contributed by atoms with Crippen molar-refractivity contribution in [3.8, 4) is 0 Å². The van der Waals surface area contributed by atoms with Crippen molar-refractivity contribution in [2.24, 2.45) is 11.7 Å². The topological polar surface area (TPSA) is 29.3 Å². The Bertz CT molecular complexity index is 345. The van der Waals surface area contributed by atoms with Gasteiger partial charge in [0.05, 0.1) is 0 Å². The third-order valence-electron chi connectivity index (χ3n) is 4.32. The molecule has 2 nitrogen and oxygen atoms in total. The van der Waals surface area contributed by atoms with Crippen molar-refractivity contribution in [1.29, 1.82) is 0 Å². The summed E-state index contributed by atoms with van der Waals surface area (Å²) in [6, 6.07) is 12.0. The highest BCUT2D eigenvalue weighted by molar-refractivity contribution is 5.14. The minimum atomic E-state index is 0.593. The van der Waals surface area contributed by atoms with Crippen LogP contribution in [0.5, 0.6) is 0 Å². The summed E-state index contributed by atoms with van der Waals surface area (Å²) in [5, 5.41) is 0. The van der Waals surface area contributed by atoms with E-state index in [1.54, 1.807) is 0 Å². The zero-order valence-corrected chi connectivity index (χ0v) is 11.7. The van der Waals surface area contributed by atoms with E-state index in [1.165, 1.54) is 24.8 Å². The number of hydrogen-bond donors (Lipinski definition) is 1. The van der Waals surface area contributed by atoms with Crippen molar-refractivity contribution in [2.75, 3.05) is 13.6 Å². The molecule has 1 aromatic carbocycles. The van der Waals surface area contributed by atoms with Crippen molar-refractivity contribution in [3.05, 3.63) is 35.9 Å². The maximum absolute atomic E-state index is 5.92. The molecule has 2 rings (SSSR count). The molecule has 2 N–H and O–H groups in total. The van der Waals surface area contributed by atoms with Gasteiger partial charge in [0.25, 0.3) is 0 Å². The molecule has 0 spiro atoms. The Morgan fingerprint density at radius 1 is 1.28 bits per heavy atom. The highest BCUT2D eigenvalue weighted by atomic mass is 15.2. The van der Waals surface area contributed by atoms with Crippen molar-refractivity contribution in [2.45, 2.75) is 44.7 Å². The molecule has 1 saturated carbocycles. The molecule has 2 atom stereocenters. The molecule has 100 valence electrons. The van der Waals surface area contributed by atoms with Gasteiger partial charge < -0.3 is 5.73 Å². The lowest BCUT2D eigenvalue weighted by molar-refractivity contribution is 0.162. The highest BCUT2D eigenvalue weighted by Crippen LogP contribution is 2.35. The van der Waals surface area contributed by atoms with E-state index in [0.29, 0.717) is 12.1 Å². The molecule has 0 radical (unpaired) electrons. The van der Waals surface area contributed by atoms with Crippen molar-refractivity contribution >= 4 is 0 Å². The van der Waals surface area contributed by atoms with E-state index in [0.717, 1.165) is 18.9 Å². The van der Waals surface area contributed by atoms with E-state index >= 15 is 0 Å². The molecule has 0 saturated heterocycles.